The summed E-state index contributed by atoms with van der Waals surface area (Å²) in [7, 11) is 0. The first-order chi connectivity index (χ1) is 8.19. The molecule has 0 radical (unpaired) electrons. The Morgan fingerprint density at radius 3 is 2.65 bits per heavy atom. The van der Waals surface area contributed by atoms with E-state index >= 15 is 0 Å². The van der Waals surface area contributed by atoms with E-state index < -0.39 is 0 Å². The number of halogens is 1. The Hall–Kier alpha value is -0.570. The van der Waals surface area contributed by atoms with Crippen LogP contribution < -0.4 is 0 Å². The molecule has 0 saturated carbocycles. The van der Waals surface area contributed by atoms with Crippen molar-refractivity contribution in [2.45, 2.75) is 26.3 Å². The Balaban J connectivity index is 1.91. The first kappa shape index (κ1) is 12.9. The lowest BCUT2D eigenvalue weighted by molar-refractivity contribution is 0.127. The molecule has 94 valence electrons. The molecular weight excluding hydrogens is 234 g/mol. The average Bonchev–Trinajstić information content (AvgIpc) is 2.35. The summed E-state index contributed by atoms with van der Waals surface area (Å²) in [4.78, 5) is 2.45. The van der Waals surface area contributed by atoms with E-state index in [4.69, 9.17) is 16.7 Å². The lowest BCUT2D eigenvalue weighted by Gasteiger charge is -2.31. The molecular formula is C14H20ClNO. The molecule has 17 heavy (non-hydrogen) atoms. The number of hydrogen-bond donors (Lipinski definition) is 1. The van der Waals surface area contributed by atoms with Gasteiger partial charge in [-0.3, -0.25) is 4.90 Å². The number of benzene rings is 1. The predicted molar refractivity (Wildman–Crippen MR) is 71.3 cm³/mol. The summed E-state index contributed by atoms with van der Waals surface area (Å²) in [6.07, 6.45) is 2.23. The summed E-state index contributed by atoms with van der Waals surface area (Å²) in [5.41, 5.74) is 2.48. The van der Waals surface area contributed by atoms with Crippen LogP contribution in [-0.2, 0) is 6.54 Å². The minimum atomic E-state index is 0.341. The van der Waals surface area contributed by atoms with Crippen molar-refractivity contribution in [1.82, 2.24) is 4.90 Å². The van der Waals surface area contributed by atoms with Crippen LogP contribution in [0.1, 0.15) is 24.0 Å². The predicted octanol–water partition coefficient (Wildman–Crippen LogP) is 2.85. The number of aliphatic hydroxyl groups excluding tert-OH is 1. The van der Waals surface area contributed by atoms with Gasteiger partial charge in [-0.05, 0) is 56.0 Å². The molecule has 1 fully saturated rings. The molecule has 1 aromatic carbocycles. The van der Waals surface area contributed by atoms with Crippen molar-refractivity contribution in [2.75, 3.05) is 19.7 Å². The highest BCUT2D eigenvalue weighted by atomic mass is 35.5. The van der Waals surface area contributed by atoms with Crippen molar-refractivity contribution in [3.05, 3.63) is 34.3 Å². The highest BCUT2D eigenvalue weighted by Crippen LogP contribution is 2.21. The zero-order valence-electron chi connectivity index (χ0n) is 10.3. The second-order valence-corrected chi connectivity index (χ2v) is 5.39. The van der Waals surface area contributed by atoms with Crippen LogP contribution in [0.15, 0.2) is 18.2 Å². The molecule has 0 atom stereocenters. The molecule has 1 aliphatic heterocycles. The number of aliphatic hydroxyl groups is 1. The van der Waals surface area contributed by atoms with E-state index in [0.29, 0.717) is 12.5 Å². The van der Waals surface area contributed by atoms with Gasteiger partial charge in [0.05, 0.1) is 0 Å². The Labute approximate surface area is 108 Å². The zero-order valence-corrected chi connectivity index (χ0v) is 11.1. The molecule has 1 heterocycles. The highest BCUT2D eigenvalue weighted by molar-refractivity contribution is 6.31. The number of piperidine rings is 1. The second kappa shape index (κ2) is 5.85. The summed E-state index contributed by atoms with van der Waals surface area (Å²) in [5, 5.41) is 9.94. The van der Waals surface area contributed by atoms with Gasteiger partial charge in [0.25, 0.3) is 0 Å². The third-order valence-corrected chi connectivity index (χ3v) is 4.02. The van der Waals surface area contributed by atoms with Gasteiger partial charge in [0, 0.05) is 18.2 Å². The maximum Gasteiger partial charge on any atom is 0.0460 e. The van der Waals surface area contributed by atoms with Crippen LogP contribution in [0, 0.1) is 12.8 Å². The topological polar surface area (TPSA) is 23.5 Å². The molecule has 0 unspecified atom stereocenters. The largest absolute Gasteiger partial charge is 0.396 e. The number of likely N-dealkylation sites (tertiary alicyclic amines) is 1. The third kappa shape index (κ3) is 3.44. The summed E-state index contributed by atoms with van der Waals surface area (Å²) >= 11 is 6.02. The van der Waals surface area contributed by atoms with Crippen molar-refractivity contribution in [3.63, 3.8) is 0 Å². The fraction of sp³-hybridized carbons (Fsp3) is 0.571. The zero-order chi connectivity index (χ0) is 12.3. The molecule has 2 nitrogen and oxygen atoms in total. The molecule has 1 aliphatic rings. The molecule has 0 aromatic heterocycles. The van der Waals surface area contributed by atoms with E-state index in [1.165, 1.54) is 5.56 Å². The van der Waals surface area contributed by atoms with Gasteiger partial charge in [-0.1, -0.05) is 23.7 Å². The Bertz CT molecular complexity index is 372. The number of aryl methyl sites for hydroxylation is 1. The first-order valence-electron chi connectivity index (χ1n) is 6.27. The molecule has 1 aromatic rings. The highest BCUT2D eigenvalue weighted by Gasteiger charge is 2.18. The number of nitrogens with zero attached hydrogens (tertiary/aromatic N) is 1. The summed E-state index contributed by atoms with van der Waals surface area (Å²) < 4.78 is 0. The van der Waals surface area contributed by atoms with Crippen LogP contribution in [0.4, 0.5) is 0 Å². The van der Waals surface area contributed by atoms with Gasteiger partial charge < -0.3 is 5.11 Å². The maximum absolute atomic E-state index is 9.10. The fourth-order valence-electron chi connectivity index (χ4n) is 2.39. The van der Waals surface area contributed by atoms with Crippen LogP contribution in [0.25, 0.3) is 0 Å². The van der Waals surface area contributed by atoms with Gasteiger partial charge in [0.15, 0.2) is 0 Å². The monoisotopic (exact) mass is 253 g/mol. The summed E-state index contributed by atoms with van der Waals surface area (Å²) in [5.74, 6) is 0.512. The van der Waals surface area contributed by atoms with E-state index in [-0.39, 0.29) is 0 Å². The lowest BCUT2D eigenvalue weighted by atomic mass is 9.97. The average molecular weight is 254 g/mol. The van der Waals surface area contributed by atoms with E-state index in [1.54, 1.807) is 0 Å². The molecule has 0 bridgehead atoms. The smallest absolute Gasteiger partial charge is 0.0460 e. The van der Waals surface area contributed by atoms with Gasteiger partial charge in [0.1, 0.15) is 0 Å². The molecule has 2 rings (SSSR count). The standard InChI is InChI=1S/C14H20ClNO/c1-11-8-13(2-3-14(11)15)9-16-6-4-12(10-17)5-7-16/h2-3,8,12,17H,4-7,9-10H2,1H3. The van der Waals surface area contributed by atoms with Gasteiger partial charge in [-0.2, -0.15) is 0 Å². The van der Waals surface area contributed by atoms with Crippen molar-refractivity contribution >= 4 is 11.6 Å². The Morgan fingerprint density at radius 2 is 2.06 bits per heavy atom. The molecule has 0 spiro atoms. The van der Waals surface area contributed by atoms with E-state index in [1.807, 2.05) is 13.0 Å². The minimum absolute atomic E-state index is 0.341. The van der Waals surface area contributed by atoms with Crippen LogP contribution >= 0.6 is 11.6 Å². The molecule has 0 aliphatic carbocycles. The van der Waals surface area contributed by atoms with Crippen molar-refractivity contribution in [1.29, 1.82) is 0 Å². The lowest BCUT2D eigenvalue weighted by Crippen LogP contribution is -2.34. The Morgan fingerprint density at radius 1 is 1.35 bits per heavy atom. The van der Waals surface area contributed by atoms with Gasteiger partial charge >= 0.3 is 0 Å². The van der Waals surface area contributed by atoms with E-state index in [9.17, 15) is 0 Å². The maximum atomic E-state index is 9.10. The first-order valence-corrected chi connectivity index (χ1v) is 6.65. The third-order valence-electron chi connectivity index (χ3n) is 3.59. The molecule has 0 amide bonds. The number of rotatable bonds is 3. The van der Waals surface area contributed by atoms with Crippen molar-refractivity contribution < 1.29 is 5.11 Å². The van der Waals surface area contributed by atoms with Crippen molar-refractivity contribution in [3.8, 4) is 0 Å². The molecule has 1 N–H and O–H groups in total. The Kier molecular flexibility index (Phi) is 4.43. The van der Waals surface area contributed by atoms with Gasteiger partial charge in [-0.25, -0.2) is 0 Å². The minimum Gasteiger partial charge on any atom is -0.396 e. The van der Waals surface area contributed by atoms with Crippen LogP contribution in [-0.4, -0.2) is 29.7 Å². The van der Waals surface area contributed by atoms with E-state index in [2.05, 4.69) is 17.0 Å². The van der Waals surface area contributed by atoms with Crippen molar-refractivity contribution in [2.24, 2.45) is 5.92 Å². The van der Waals surface area contributed by atoms with Crippen LogP contribution in [0.2, 0.25) is 5.02 Å². The fourth-order valence-corrected chi connectivity index (χ4v) is 2.51. The van der Waals surface area contributed by atoms with Gasteiger partial charge in [-0.15, -0.1) is 0 Å². The summed E-state index contributed by atoms with van der Waals surface area (Å²) in [6, 6.07) is 6.25. The van der Waals surface area contributed by atoms with Gasteiger partial charge in [0.2, 0.25) is 0 Å². The molecule has 1 saturated heterocycles. The quantitative estimate of drug-likeness (QED) is 0.896. The summed E-state index contributed by atoms with van der Waals surface area (Å²) in [6.45, 7) is 5.56. The van der Waals surface area contributed by atoms with E-state index in [0.717, 1.165) is 43.1 Å². The second-order valence-electron chi connectivity index (χ2n) is 4.99. The normalized spacial score (nSPS) is 18.5. The molecule has 3 heteroatoms. The number of hydrogen-bond acceptors (Lipinski definition) is 2. The van der Waals surface area contributed by atoms with Crippen LogP contribution in [0.3, 0.4) is 0 Å². The van der Waals surface area contributed by atoms with Crippen LogP contribution in [0.5, 0.6) is 0 Å². The SMILES string of the molecule is Cc1cc(CN2CCC(CO)CC2)ccc1Cl.